The summed E-state index contributed by atoms with van der Waals surface area (Å²) in [5.74, 6) is -1.72. The summed E-state index contributed by atoms with van der Waals surface area (Å²) in [4.78, 5) is 21.6. The number of halogens is 4. The number of carbonyl (C=O) groups is 1. The third-order valence-corrected chi connectivity index (χ3v) is 10.2. The van der Waals surface area contributed by atoms with Gasteiger partial charge in [0.05, 0.1) is 31.7 Å². The Kier molecular flexibility index (Phi) is 10.1. The van der Waals surface area contributed by atoms with Crippen molar-refractivity contribution in [2.24, 2.45) is 11.8 Å². The second-order valence-electron chi connectivity index (χ2n) is 13.4. The molecule has 0 amide bonds. The van der Waals surface area contributed by atoms with Crippen LogP contribution >= 0.6 is 0 Å². The van der Waals surface area contributed by atoms with Crippen molar-refractivity contribution in [1.29, 1.82) is 0 Å². The summed E-state index contributed by atoms with van der Waals surface area (Å²) in [6.45, 7) is 7.36. The Morgan fingerprint density at radius 1 is 1.02 bits per heavy atom. The summed E-state index contributed by atoms with van der Waals surface area (Å²) in [7, 11) is 3.17. The van der Waals surface area contributed by atoms with E-state index >= 15 is 4.39 Å². The number of rotatable bonds is 10. The largest absolute Gasteiger partial charge is 0.497 e. The standard InChI is InChI=1S/C37H42F4N4O4/c1-24-16-29(10-13-42-24)45-20-33(25-4-7-30(49-3)8-5-25)36(38,23-45)22-43-18-27(21-48-2)32(19-43)31-9-6-28(37(39,40)41)17-34(31)44-14-11-26(12-15-44)35(46)47/h4-10,13,16-17,26-27,32-33H,11-12,14-15,18-21,23H2,1-3H3,(H,46,47)/t27-,32+,33+,36-/m1/s1. The molecule has 3 aliphatic rings. The Bertz CT molecular complexity index is 1610. The quantitative estimate of drug-likeness (QED) is 0.245. The first-order valence-electron chi connectivity index (χ1n) is 16.6. The van der Waals surface area contributed by atoms with Gasteiger partial charge in [0.1, 0.15) is 12.3 Å². The van der Waals surface area contributed by atoms with Crippen molar-refractivity contribution in [2.75, 3.05) is 69.9 Å². The Labute approximate surface area is 284 Å². The first-order valence-corrected chi connectivity index (χ1v) is 16.6. The summed E-state index contributed by atoms with van der Waals surface area (Å²) >= 11 is 0. The lowest BCUT2D eigenvalue weighted by molar-refractivity contribution is -0.142. The molecule has 3 fully saturated rings. The van der Waals surface area contributed by atoms with Gasteiger partial charge in [0.15, 0.2) is 5.67 Å². The minimum atomic E-state index is -4.54. The minimum Gasteiger partial charge on any atom is -0.497 e. The number of ether oxygens (including phenoxy) is 2. The highest BCUT2D eigenvalue weighted by Crippen LogP contribution is 2.47. The van der Waals surface area contributed by atoms with E-state index in [1.54, 1.807) is 20.4 Å². The summed E-state index contributed by atoms with van der Waals surface area (Å²) < 4.78 is 70.3. The molecule has 2 aromatic carbocycles. The van der Waals surface area contributed by atoms with Crippen molar-refractivity contribution >= 4 is 17.3 Å². The van der Waals surface area contributed by atoms with E-state index in [1.807, 2.05) is 58.0 Å². The zero-order chi connectivity index (χ0) is 34.9. The van der Waals surface area contributed by atoms with Gasteiger partial charge in [-0.25, -0.2) is 4.39 Å². The number of benzene rings is 2. The molecule has 4 heterocycles. The minimum absolute atomic E-state index is 0.0628. The monoisotopic (exact) mass is 682 g/mol. The number of hydrogen-bond donors (Lipinski definition) is 1. The highest BCUT2D eigenvalue weighted by molar-refractivity contribution is 5.70. The number of carboxylic acids is 1. The molecular formula is C37H42F4N4O4. The lowest BCUT2D eigenvalue weighted by atomic mass is 9.85. The molecule has 1 N–H and O–H groups in total. The van der Waals surface area contributed by atoms with Crippen LogP contribution in [0, 0.1) is 25.3 Å². The van der Waals surface area contributed by atoms with Crippen LogP contribution < -0.4 is 14.5 Å². The lowest BCUT2D eigenvalue weighted by Crippen LogP contribution is -2.40. The average molecular weight is 683 g/mol. The molecule has 0 bridgehead atoms. The molecule has 49 heavy (non-hydrogen) atoms. The SMILES string of the molecule is COC[C@H]1CN([C][C@@]2(F)CN(c3ccnc(C)c3)C[C@H]2c2ccc(OC)cc2)C[C@@H]1c1ccc(C(F)(F)F)cc1N1CCC(C(=O)O)CC1. The van der Waals surface area contributed by atoms with Crippen LogP contribution in [0.2, 0.25) is 0 Å². The number of pyridine rings is 1. The molecule has 3 aromatic rings. The number of aliphatic carboxylic acids is 1. The van der Waals surface area contributed by atoms with Crippen molar-refractivity contribution in [3.63, 3.8) is 0 Å². The molecular weight excluding hydrogens is 640 g/mol. The van der Waals surface area contributed by atoms with Crippen LogP contribution in [0.5, 0.6) is 5.75 Å². The number of likely N-dealkylation sites (tertiary alicyclic amines) is 1. The molecule has 0 aliphatic carbocycles. The van der Waals surface area contributed by atoms with Crippen LogP contribution in [-0.4, -0.2) is 86.7 Å². The summed E-state index contributed by atoms with van der Waals surface area (Å²) in [5.41, 5.74) is 1.01. The zero-order valence-corrected chi connectivity index (χ0v) is 27.9. The molecule has 4 atom stereocenters. The van der Waals surface area contributed by atoms with Gasteiger partial charge in [-0.05, 0) is 67.3 Å². The number of piperidine rings is 1. The Hall–Kier alpha value is -3.90. The van der Waals surface area contributed by atoms with Crippen LogP contribution in [0.1, 0.15) is 47.1 Å². The fourth-order valence-corrected chi connectivity index (χ4v) is 7.70. The smallest absolute Gasteiger partial charge is 0.416 e. The van der Waals surface area contributed by atoms with Crippen molar-refractivity contribution in [3.05, 3.63) is 89.7 Å². The molecule has 262 valence electrons. The van der Waals surface area contributed by atoms with Crippen molar-refractivity contribution < 1.29 is 36.9 Å². The number of nitrogens with zero attached hydrogens (tertiary/aromatic N) is 4. The van der Waals surface area contributed by atoms with Gasteiger partial charge in [0, 0.05) is 80.9 Å². The van der Waals surface area contributed by atoms with E-state index in [-0.39, 0.29) is 18.4 Å². The van der Waals surface area contributed by atoms with Gasteiger partial charge in [-0.2, -0.15) is 13.2 Å². The molecule has 6 rings (SSSR count). The molecule has 2 radical (unpaired) electrons. The molecule has 3 saturated heterocycles. The predicted molar refractivity (Wildman–Crippen MR) is 178 cm³/mol. The van der Waals surface area contributed by atoms with E-state index < -0.39 is 35.2 Å². The van der Waals surface area contributed by atoms with Crippen LogP contribution in [0.15, 0.2) is 60.8 Å². The number of alkyl halides is 4. The third-order valence-electron chi connectivity index (χ3n) is 10.2. The fourth-order valence-electron chi connectivity index (χ4n) is 7.70. The summed E-state index contributed by atoms with van der Waals surface area (Å²) in [6.07, 6.45) is -2.14. The van der Waals surface area contributed by atoms with Gasteiger partial charge >= 0.3 is 12.1 Å². The van der Waals surface area contributed by atoms with Gasteiger partial charge < -0.3 is 24.4 Å². The normalized spacial score (nSPS) is 25.2. The number of methoxy groups -OCH3 is 2. The number of aromatic nitrogens is 1. The second-order valence-corrected chi connectivity index (χ2v) is 13.4. The van der Waals surface area contributed by atoms with Crippen LogP contribution in [0.25, 0.3) is 0 Å². The van der Waals surface area contributed by atoms with Gasteiger partial charge in [-0.15, -0.1) is 0 Å². The second kappa shape index (κ2) is 14.1. The van der Waals surface area contributed by atoms with E-state index in [0.717, 1.165) is 23.0 Å². The number of carboxylic acid groups (broad SMARTS) is 1. The van der Waals surface area contributed by atoms with E-state index in [0.29, 0.717) is 69.2 Å². The summed E-state index contributed by atoms with van der Waals surface area (Å²) in [5, 5.41) is 9.51. The van der Waals surface area contributed by atoms with Gasteiger partial charge in [-0.3, -0.25) is 14.7 Å². The zero-order valence-electron chi connectivity index (χ0n) is 27.9. The maximum atomic E-state index is 17.6. The van der Waals surface area contributed by atoms with E-state index in [2.05, 4.69) is 11.5 Å². The Morgan fingerprint density at radius 2 is 1.76 bits per heavy atom. The first kappa shape index (κ1) is 34.9. The highest BCUT2D eigenvalue weighted by Gasteiger charge is 2.52. The molecule has 12 heteroatoms. The van der Waals surface area contributed by atoms with Crippen LogP contribution in [0.3, 0.4) is 0 Å². The lowest BCUT2D eigenvalue weighted by Gasteiger charge is -2.35. The predicted octanol–water partition coefficient (Wildman–Crippen LogP) is 6.43. The fraction of sp³-hybridized carbons (Fsp3) is 0.486. The van der Waals surface area contributed by atoms with Gasteiger partial charge in [0.25, 0.3) is 0 Å². The van der Waals surface area contributed by atoms with E-state index in [4.69, 9.17) is 9.47 Å². The van der Waals surface area contributed by atoms with Crippen molar-refractivity contribution in [3.8, 4) is 5.75 Å². The first-order chi connectivity index (χ1) is 23.4. The highest BCUT2D eigenvalue weighted by atomic mass is 19.4. The maximum Gasteiger partial charge on any atom is 0.416 e. The van der Waals surface area contributed by atoms with Gasteiger partial charge in [-0.1, -0.05) is 18.2 Å². The van der Waals surface area contributed by atoms with Crippen molar-refractivity contribution in [1.82, 2.24) is 9.88 Å². The average Bonchev–Trinajstić information content (AvgIpc) is 3.64. The maximum absolute atomic E-state index is 17.6. The molecule has 3 aliphatic heterocycles. The van der Waals surface area contributed by atoms with Crippen molar-refractivity contribution in [2.45, 2.75) is 43.4 Å². The molecule has 0 saturated carbocycles. The van der Waals surface area contributed by atoms with Gasteiger partial charge in [0.2, 0.25) is 0 Å². The molecule has 0 spiro atoms. The third kappa shape index (κ3) is 7.50. The van der Waals surface area contributed by atoms with Crippen LogP contribution in [-0.2, 0) is 15.7 Å². The molecule has 8 nitrogen and oxygen atoms in total. The molecule has 1 aromatic heterocycles. The summed E-state index contributed by atoms with van der Waals surface area (Å²) in [6, 6.07) is 15.0. The Morgan fingerprint density at radius 3 is 2.39 bits per heavy atom. The van der Waals surface area contributed by atoms with Crippen LogP contribution in [0.4, 0.5) is 28.9 Å². The van der Waals surface area contributed by atoms with E-state index in [1.165, 1.54) is 12.1 Å². The number of hydrogen-bond acceptors (Lipinski definition) is 7. The van der Waals surface area contributed by atoms with E-state index in [9.17, 15) is 23.1 Å². The number of aryl methyl sites for hydroxylation is 1. The molecule has 0 unspecified atom stereocenters. The topological polar surface area (TPSA) is 78.4 Å². The number of anilines is 2. The Balaban J connectivity index is 1.30.